The molecule has 0 aromatic heterocycles. The van der Waals surface area contributed by atoms with Crippen LogP contribution in [0.2, 0.25) is 0 Å². The van der Waals surface area contributed by atoms with Crippen LogP contribution in [0.4, 0.5) is 0 Å². The second-order valence-electron chi connectivity index (χ2n) is 7.96. The van der Waals surface area contributed by atoms with Gasteiger partial charge in [0.05, 0.1) is 7.11 Å². The number of aryl methyl sites for hydroxylation is 1. The van der Waals surface area contributed by atoms with Crippen LogP contribution in [-0.2, 0) is 0 Å². The number of hydrogen-bond acceptors (Lipinski definition) is 8. The number of phenols is 1. The van der Waals surface area contributed by atoms with Gasteiger partial charge >= 0.3 is 0 Å². The van der Waals surface area contributed by atoms with E-state index < -0.39 is 0 Å². The van der Waals surface area contributed by atoms with Gasteiger partial charge in [0.1, 0.15) is 5.75 Å². The number of hydroxylamine groups is 1. The van der Waals surface area contributed by atoms with Crippen molar-refractivity contribution in [3.05, 3.63) is 71.3 Å². The summed E-state index contributed by atoms with van der Waals surface area (Å²) in [7, 11) is 4.99. The molecular weight excluding hydrogens is 436 g/mol. The Kier molecular flexibility index (Phi) is 7.30. The molecule has 8 nitrogen and oxygen atoms in total. The zero-order valence-corrected chi connectivity index (χ0v) is 19.8. The minimum Gasteiger partial charge on any atom is -0.502 e. The molecule has 0 radical (unpaired) electrons. The Hall–Kier alpha value is -3.62. The van der Waals surface area contributed by atoms with Crippen molar-refractivity contribution in [1.29, 1.82) is 0 Å². The number of phenolic OH excluding ortho intramolecular Hbond substituents is 1. The lowest BCUT2D eigenvalue weighted by molar-refractivity contribution is 0.138. The van der Waals surface area contributed by atoms with Crippen LogP contribution in [0.25, 0.3) is 0 Å². The molecule has 8 heteroatoms. The summed E-state index contributed by atoms with van der Waals surface area (Å²) in [5.41, 5.74) is 5.82. The molecule has 2 aliphatic heterocycles. The number of ether oxygens (including phenoxy) is 4. The summed E-state index contributed by atoms with van der Waals surface area (Å²) in [6.45, 7) is 2.28. The van der Waals surface area contributed by atoms with Crippen LogP contribution in [0.1, 0.15) is 29.0 Å². The zero-order valence-electron chi connectivity index (χ0n) is 19.8. The highest BCUT2D eigenvalue weighted by atomic mass is 16.7. The highest BCUT2D eigenvalue weighted by molar-refractivity contribution is 5.59. The highest BCUT2D eigenvalue weighted by Crippen LogP contribution is 2.49. The first-order valence-electron chi connectivity index (χ1n) is 11.1. The van der Waals surface area contributed by atoms with E-state index in [9.17, 15) is 5.11 Å². The molecular formula is C26H30N2O6. The van der Waals surface area contributed by atoms with Gasteiger partial charge in [0.2, 0.25) is 12.5 Å². The van der Waals surface area contributed by atoms with Crippen molar-refractivity contribution in [2.45, 2.75) is 25.5 Å². The molecule has 0 aliphatic carbocycles. The van der Waals surface area contributed by atoms with Crippen LogP contribution in [0, 0.1) is 6.92 Å². The highest BCUT2D eigenvalue weighted by Gasteiger charge is 2.33. The van der Waals surface area contributed by atoms with Crippen molar-refractivity contribution in [3.8, 4) is 34.5 Å². The number of aromatic hydroxyl groups is 1. The number of rotatable bonds is 5. The van der Waals surface area contributed by atoms with E-state index in [0.717, 1.165) is 16.9 Å². The molecule has 3 N–H and O–H groups in total. The summed E-state index contributed by atoms with van der Waals surface area (Å²) >= 11 is 0. The lowest BCUT2D eigenvalue weighted by atomic mass is 9.85. The average molecular weight is 467 g/mol. The van der Waals surface area contributed by atoms with Gasteiger partial charge in [-0.2, -0.15) is 5.48 Å². The second-order valence-corrected chi connectivity index (χ2v) is 7.96. The van der Waals surface area contributed by atoms with Gasteiger partial charge in [0.25, 0.3) is 0 Å². The van der Waals surface area contributed by atoms with Crippen LogP contribution in [-0.4, -0.2) is 39.3 Å². The fourth-order valence-electron chi connectivity index (χ4n) is 4.03. The smallest absolute Gasteiger partial charge is 0.231 e. The Morgan fingerprint density at radius 2 is 1.65 bits per heavy atom. The molecule has 2 unspecified atom stereocenters. The number of benzene rings is 3. The van der Waals surface area contributed by atoms with Crippen molar-refractivity contribution < 1.29 is 28.9 Å². The molecule has 3 aromatic rings. The Morgan fingerprint density at radius 1 is 0.941 bits per heavy atom. The molecule has 0 saturated heterocycles. The van der Waals surface area contributed by atoms with Crippen molar-refractivity contribution in [2.75, 3.05) is 28.0 Å². The largest absolute Gasteiger partial charge is 0.502 e. The van der Waals surface area contributed by atoms with Gasteiger partial charge in [-0.15, -0.1) is 0 Å². The molecule has 3 aromatic carbocycles. The number of fused-ring (bicyclic) bond motifs is 2. The predicted octanol–water partition coefficient (Wildman–Crippen LogP) is 4.10. The van der Waals surface area contributed by atoms with E-state index in [2.05, 4.69) is 29.9 Å². The minimum atomic E-state index is -0.170. The zero-order chi connectivity index (χ0) is 24.1. The first-order valence-corrected chi connectivity index (χ1v) is 11.1. The molecule has 180 valence electrons. The van der Waals surface area contributed by atoms with Crippen molar-refractivity contribution in [1.82, 2.24) is 10.8 Å². The summed E-state index contributed by atoms with van der Waals surface area (Å²) < 4.78 is 22.4. The van der Waals surface area contributed by atoms with Gasteiger partial charge in [-0.3, -0.25) is 5.32 Å². The quantitative estimate of drug-likeness (QED) is 0.485. The normalized spacial score (nSPS) is 17.6. The Balaban J connectivity index is 0.000000336. The van der Waals surface area contributed by atoms with Gasteiger partial charge in [0, 0.05) is 31.0 Å². The number of methoxy groups -OCH3 is 1. The third-order valence-corrected chi connectivity index (χ3v) is 5.76. The Labute approximate surface area is 199 Å². The molecule has 5 rings (SSSR count). The van der Waals surface area contributed by atoms with Gasteiger partial charge in [-0.1, -0.05) is 35.9 Å². The van der Waals surface area contributed by atoms with Gasteiger partial charge in [-0.05, 0) is 37.7 Å². The molecule has 2 aliphatic rings. The average Bonchev–Trinajstić information content (AvgIpc) is 3.31. The summed E-state index contributed by atoms with van der Waals surface area (Å²) in [5.74, 6) is 2.66. The second kappa shape index (κ2) is 10.5. The van der Waals surface area contributed by atoms with Crippen LogP contribution >= 0.6 is 0 Å². The maximum absolute atomic E-state index is 10.3. The summed E-state index contributed by atoms with van der Waals surface area (Å²) in [6.07, 6.45) is 0.520. The molecule has 0 fully saturated rings. The lowest BCUT2D eigenvalue weighted by Crippen LogP contribution is -2.36. The molecule has 0 spiro atoms. The molecule has 2 heterocycles. The molecule has 34 heavy (non-hydrogen) atoms. The number of hydrogen-bond donors (Lipinski definition) is 3. The van der Waals surface area contributed by atoms with E-state index in [-0.39, 0.29) is 24.7 Å². The minimum absolute atomic E-state index is 0.0191. The standard InChI is InChI=1S/C19H22N2O6.C7H8/c1-20-18-7-11(10-4-16(23-3)19(22)17(5-10)27-21-2)12-6-14-15(25-9-24-14)8-13(12)26-18;1-7-5-3-2-4-6-7/h4-6,8,11,18,20-22H,7,9H2,1-3H3;2-6H,1H3. The molecule has 0 amide bonds. The molecule has 0 bridgehead atoms. The predicted molar refractivity (Wildman–Crippen MR) is 128 cm³/mol. The van der Waals surface area contributed by atoms with Crippen LogP contribution in [0.3, 0.4) is 0 Å². The first-order chi connectivity index (χ1) is 16.5. The maximum Gasteiger partial charge on any atom is 0.231 e. The summed E-state index contributed by atoms with van der Waals surface area (Å²) in [6, 6.07) is 17.7. The third-order valence-electron chi connectivity index (χ3n) is 5.76. The summed E-state index contributed by atoms with van der Waals surface area (Å²) in [4.78, 5) is 5.35. The van der Waals surface area contributed by atoms with E-state index in [0.29, 0.717) is 29.4 Å². The van der Waals surface area contributed by atoms with Crippen molar-refractivity contribution >= 4 is 0 Å². The topological polar surface area (TPSA) is 90.4 Å². The van der Waals surface area contributed by atoms with E-state index in [4.69, 9.17) is 23.8 Å². The third kappa shape index (κ3) is 4.98. The Morgan fingerprint density at radius 3 is 2.26 bits per heavy atom. The van der Waals surface area contributed by atoms with Crippen LogP contribution < -0.4 is 34.6 Å². The Bertz CT molecular complexity index is 1120. The van der Waals surface area contributed by atoms with E-state index in [1.807, 2.05) is 43.4 Å². The molecule has 2 atom stereocenters. The van der Waals surface area contributed by atoms with Gasteiger partial charge < -0.3 is 28.9 Å². The summed E-state index contributed by atoms with van der Waals surface area (Å²) in [5, 5.41) is 13.5. The van der Waals surface area contributed by atoms with E-state index in [1.54, 1.807) is 13.1 Å². The van der Waals surface area contributed by atoms with Crippen molar-refractivity contribution in [2.24, 2.45) is 0 Å². The van der Waals surface area contributed by atoms with Crippen LogP contribution in [0.5, 0.6) is 34.5 Å². The fraction of sp³-hybridized carbons (Fsp3) is 0.308. The number of nitrogens with one attached hydrogen (secondary N) is 2. The van der Waals surface area contributed by atoms with Crippen molar-refractivity contribution in [3.63, 3.8) is 0 Å². The lowest BCUT2D eigenvalue weighted by Gasteiger charge is -2.32. The van der Waals surface area contributed by atoms with Gasteiger partial charge in [-0.25, -0.2) is 0 Å². The fourth-order valence-corrected chi connectivity index (χ4v) is 4.03. The van der Waals surface area contributed by atoms with E-state index >= 15 is 0 Å². The monoisotopic (exact) mass is 466 g/mol. The maximum atomic E-state index is 10.3. The SMILES string of the molecule is CNOc1cc(C2CC(NC)Oc3cc4c(cc32)OCO4)cc(OC)c1O.Cc1ccccc1. The van der Waals surface area contributed by atoms with Crippen LogP contribution in [0.15, 0.2) is 54.6 Å². The first kappa shape index (κ1) is 23.5. The molecule has 0 saturated carbocycles. The van der Waals surface area contributed by atoms with E-state index in [1.165, 1.54) is 12.7 Å². The van der Waals surface area contributed by atoms with Gasteiger partial charge in [0.15, 0.2) is 29.2 Å².